The highest BCUT2D eigenvalue weighted by atomic mass is 16.5. The molecule has 2 aromatic heterocycles. The third kappa shape index (κ3) is 13.0. The average molecular weight is 643 g/mol. The molecule has 0 saturated carbocycles. The van der Waals surface area contributed by atoms with Gasteiger partial charge in [0.25, 0.3) is 0 Å². The first-order valence-corrected chi connectivity index (χ1v) is 17.2. The summed E-state index contributed by atoms with van der Waals surface area (Å²) < 4.78 is 6.24. The number of aromatic amines is 1. The van der Waals surface area contributed by atoms with Crippen molar-refractivity contribution in [1.82, 2.24) is 20.5 Å². The van der Waals surface area contributed by atoms with Gasteiger partial charge in [0.15, 0.2) is 0 Å². The third-order valence-electron chi connectivity index (χ3n) is 7.85. The molecule has 0 aliphatic rings. The lowest BCUT2D eigenvalue weighted by atomic mass is 10.1. The van der Waals surface area contributed by atoms with Crippen molar-refractivity contribution < 1.29 is 9.53 Å². The molecule has 2 aromatic carbocycles. The summed E-state index contributed by atoms with van der Waals surface area (Å²) >= 11 is 0. The van der Waals surface area contributed by atoms with Crippen molar-refractivity contribution in [3.63, 3.8) is 0 Å². The molecule has 4 rings (SSSR count). The van der Waals surface area contributed by atoms with Crippen LogP contribution in [0.2, 0.25) is 0 Å². The quantitative estimate of drug-likeness (QED) is 0.0743. The predicted molar refractivity (Wildman–Crippen MR) is 200 cm³/mol. The maximum atomic E-state index is 12.9. The number of ether oxygens (including phenoxy) is 1. The molecule has 0 aliphatic carbocycles. The van der Waals surface area contributed by atoms with E-state index in [4.69, 9.17) is 4.74 Å². The summed E-state index contributed by atoms with van der Waals surface area (Å²) in [5.41, 5.74) is 4.94. The summed E-state index contributed by atoms with van der Waals surface area (Å²) in [5, 5.41) is 11.7. The summed E-state index contributed by atoms with van der Waals surface area (Å²) in [4.78, 5) is 17.5. The van der Waals surface area contributed by atoms with E-state index in [0.29, 0.717) is 19.4 Å². The van der Waals surface area contributed by atoms with E-state index in [1.165, 1.54) is 0 Å². The SMILES string of the molecule is CCC=CCC=CCC=CCC=CCC=CCCCC(=O)NC(COc1ccnc(-c2ccc3n[nH]c(C)c3c2)c1)Cc1ccccc1. The highest BCUT2D eigenvalue weighted by Crippen LogP contribution is 2.26. The molecule has 6 heteroatoms. The standard InChI is InChI=1S/C42H50N4O2/c1-3-4-5-6-7-8-9-10-11-12-13-14-15-16-17-18-22-25-42(47)44-37(30-35-23-20-19-21-24-35)33-48-38-28-29-43-41(32-38)36-26-27-40-39(31-36)34(2)45-46-40/h4-5,7-8,10-11,13-14,16-17,19-21,23-24,26-29,31-32,37H,3,6,9,12,15,18,22,25,30,33H2,1-2H3,(H,44,47)(H,45,46). The number of hydrogen-bond donors (Lipinski definition) is 2. The Morgan fingerprint density at radius 1 is 0.854 bits per heavy atom. The van der Waals surface area contributed by atoms with Crippen molar-refractivity contribution in [2.45, 2.75) is 77.7 Å². The summed E-state index contributed by atoms with van der Waals surface area (Å²) in [6.07, 6.45) is 31.6. The Balaban J connectivity index is 1.19. The number of amides is 1. The molecular formula is C42H50N4O2. The molecular weight excluding hydrogens is 592 g/mol. The Morgan fingerprint density at radius 3 is 2.25 bits per heavy atom. The van der Waals surface area contributed by atoms with Crippen molar-refractivity contribution in [3.8, 4) is 17.0 Å². The minimum atomic E-state index is -0.157. The van der Waals surface area contributed by atoms with Gasteiger partial charge in [0.1, 0.15) is 12.4 Å². The lowest BCUT2D eigenvalue weighted by Gasteiger charge is -2.20. The van der Waals surface area contributed by atoms with Gasteiger partial charge in [0.2, 0.25) is 5.91 Å². The molecule has 1 unspecified atom stereocenters. The van der Waals surface area contributed by atoms with Crippen LogP contribution in [0.1, 0.15) is 69.5 Å². The second kappa shape index (κ2) is 21.0. The van der Waals surface area contributed by atoms with E-state index in [0.717, 1.165) is 84.1 Å². The summed E-state index contributed by atoms with van der Waals surface area (Å²) in [6.45, 7) is 4.53. The minimum Gasteiger partial charge on any atom is -0.491 e. The van der Waals surface area contributed by atoms with Gasteiger partial charge in [-0.15, -0.1) is 0 Å². The normalized spacial score (nSPS) is 12.8. The fraction of sp³-hybridized carbons (Fsp3) is 0.310. The highest BCUT2D eigenvalue weighted by molar-refractivity contribution is 5.86. The molecule has 0 spiro atoms. The molecule has 2 heterocycles. The fourth-order valence-electron chi connectivity index (χ4n) is 5.25. The zero-order valence-corrected chi connectivity index (χ0v) is 28.5. The number of unbranched alkanes of at least 4 members (excludes halogenated alkanes) is 1. The monoisotopic (exact) mass is 642 g/mol. The number of nitrogens with one attached hydrogen (secondary N) is 2. The zero-order chi connectivity index (χ0) is 33.7. The van der Waals surface area contributed by atoms with Crippen LogP contribution in [0.15, 0.2) is 128 Å². The molecule has 6 nitrogen and oxygen atoms in total. The summed E-state index contributed by atoms with van der Waals surface area (Å²) in [5.74, 6) is 0.765. The predicted octanol–water partition coefficient (Wildman–Crippen LogP) is 9.96. The van der Waals surface area contributed by atoms with Gasteiger partial charge in [0, 0.05) is 35.3 Å². The Kier molecular flexibility index (Phi) is 15.7. The van der Waals surface area contributed by atoms with Crippen LogP contribution in [-0.4, -0.2) is 33.7 Å². The van der Waals surface area contributed by atoms with Gasteiger partial charge in [-0.2, -0.15) is 5.10 Å². The van der Waals surface area contributed by atoms with Crippen LogP contribution in [0, 0.1) is 6.92 Å². The van der Waals surface area contributed by atoms with Crippen molar-refractivity contribution in [3.05, 3.63) is 139 Å². The molecule has 0 radical (unpaired) electrons. The average Bonchev–Trinajstić information content (AvgIpc) is 3.48. The van der Waals surface area contributed by atoms with Crippen LogP contribution < -0.4 is 10.1 Å². The molecule has 1 amide bonds. The molecule has 0 aliphatic heterocycles. The van der Waals surface area contributed by atoms with E-state index in [9.17, 15) is 4.79 Å². The topological polar surface area (TPSA) is 79.9 Å². The van der Waals surface area contributed by atoms with Gasteiger partial charge in [-0.25, -0.2) is 0 Å². The van der Waals surface area contributed by atoms with Crippen LogP contribution in [0.3, 0.4) is 0 Å². The first-order chi connectivity index (χ1) is 23.6. The van der Waals surface area contributed by atoms with Gasteiger partial charge in [-0.1, -0.05) is 104 Å². The number of aromatic nitrogens is 3. The van der Waals surface area contributed by atoms with Crippen molar-refractivity contribution in [2.24, 2.45) is 0 Å². The van der Waals surface area contributed by atoms with E-state index < -0.39 is 0 Å². The van der Waals surface area contributed by atoms with Crippen LogP contribution >= 0.6 is 0 Å². The van der Waals surface area contributed by atoms with Gasteiger partial charge in [0.05, 0.1) is 17.3 Å². The second-order valence-corrected chi connectivity index (χ2v) is 11.8. The lowest BCUT2D eigenvalue weighted by Crippen LogP contribution is -2.40. The zero-order valence-electron chi connectivity index (χ0n) is 28.5. The number of rotatable bonds is 20. The van der Waals surface area contributed by atoms with Crippen molar-refractivity contribution in [2.75, 3.05) is 6.61 Å². The molecule has 48 heavy (non-hydrogen) atoms. The Bertz CT molecular complexity index is 1680. The van der Waals surface area contributed by atoms with Crippen molar-refractivity contribution >= 4 is 16.8 Å². The van der Waals surface area contributed by atoms with E-state index in [1.54, 1.807) is 6.20 Å². The largest absolute Gasteiger partial charge is 0.491 e. The maximum absolute atomic E-state index is 12.9. The van der Waals surface area contributed by atoms with Crippen LogP contribution in [0.4, 0.5) is 0 Å². The molecule has 0 fully saturated rings. The van der Waals surface area contributed by atoms with E-state index in [1.807, 2.05) is 49.4 Å². The molecule has 4 aromatic rings. The number of pyridine rings is 1. The molecule has 250 valence electrons. The van der Waals surface area contributed by atoms with Gasteiger partial charge in [-0.05, 0) is 82.1 Å². The van der Waals surface area contributed by atoms with E-state index >= 15 is 0 Å². The molecule has 1 atom stereocenters. The van der Waals surface area contributed by atoms with E-state index in [-0.39, 0.29) is 11.9 Å². The van der Waals surface area contributed by atoms with Crippen LogP contribution in [0.5, 0.6) is 5.75 Å². The Hall–Kier alpha value is -4.97. The number of hydrogen-bond acceptors (Lipinski definition) is 4. The fourth-order valence-corrected chi connectivity index (χ4v) is 5.25. The van der Waals surface area contributed by atoms with Crippen LogP contribution in [-0.2, 0) is 11.2 Å². The number of carbonyl (C=O) groups excluding carboxylic acids is 1. The number of benzene rings is 2. The number of carbonyl (C=O) groups is 1. The van der Waals surface area contributed by atoms with Crippen molar-refractivity contribution in [1.29, 1.82) is 0 Å². The first-order valence-electron chi connectivity index (χ1n) is 17.2. The Labute approximate surface area is 286 Å². The lowest BCUT2D eigenvalue weighted by molar-refractivity contribution is -0.122. The van der Waals surface area contributed by atoms with Crippen LogP contribution in [0.25, 0.3) is 22.2 Å². The molecule has 2 N–H and O–H groups in total. The number of allylic oxidation sites excluding steroid dienone is 10. The summed E-state index contributed by atoms with van der Waals surface area (Å²) in [7, 11) is 0. The van der Waals surface area contributed by atoms with Gasteiger partial charge in [-0.3, -0.25) is 14.9 Å². The molecule has 0 bridgehead atoms. The number of nitrogens with zero attached hydrogens (tertiary/aromatic N) is 2. The molecule has 0 saturated heterocycles. The van der Waals surface area contributed by atoms with E-state index in [2.05, 4.69) is 106 Å². The highest BCUT2D eigenvalue weighted by Gasteiger charge is 2.15. The summed E-state index contributed by atoms with van der Waals surface area (Å²) in [6, 6.07) is 20.0. The number of fused-ring (bicyclic) bond motifs is 1. The van der Waals surface area contributed by atoms with Gasteiger partial charge < -0.3 is 10.1 Å². The Morgan fingerprint density at radius 2 is 1.54 bits per heavy atom. The number of H-pyrrole nitrogens is 1. The third-order valence-corrected chi connectivity index (χ3v) is 7.85. The smallest absolute Gasteiger partial charge is 0.220 e. The maximum Gasteiger partial charge on any atom is 0.220 e. The number of aryl methyl sites for hydroxylation is 1. The second-order valence-electron chi connectivity index (χ2n) is 11.8. The van der Waals surface area contributed by atoms with Gasteiger partial charge >= 0.3 is 0 Å². The minimum absolute atomic E-state index is 0.0473. The first kappa shape index (κ1) is 35.9.